The number of nitrogens with zero attached hydrogens (tertiary/aromatic N) is 2. The molecule has 2 heterocycles. The maximum Gasteiger partial charge on any atom is 0.274 e. The molecule has 1 aromatic heterocycles. The summed E-state index contributed by atoms with van der Waals surface area (Å²) in [5, 5.41) is 9.52. The molecule has 5 heteroatoms. The van der Waals surface area contributed by atoms with E-state index >= 15 is 0 Å². The first-order chi connectivity index (χ1) is 6.83. The normalized spacial score (nSPS) is 15.9. The van der Waals surface area contributed by atoms with Crippen LogP contribution in [0.4, 0.5) is 5.69 Å². The number of likely N-dealkylation sites (tertiary alicyclic amines) is 1. The summed E-state index contributed by atoms with van der Waals surface area (Å²) in [4.78, 5) is 13.8. The molecule has 0 aromatic carbocycles. The number of H-pyrrole nitrogens is 1. The Labute approximate surface area is 82.5 Å². The Morgan fingerprint density at radius 2 is 2.29 bits per heavy atom. The van der Waals surface area contributed by atoms with E-state index in [1.807, 2.05) is 4.90 Å². The summed E-state index contributed by atoms with van der Waals surface area (Å²) in [6.45, 7) is 1.72. The Morgan fingerprint density at radius 1 is 1.57 bits per heavy atom. The predicted molar refractivity (Wildman–Crippen MR) is 53.3 cm³/mol. The minimum atomic E-state index is 0.0457. The molecule has 1 aromatic rings. The highest BCUT2D eigenvalue weighted by Gasteiger charge is 2.22. The van der Waals surface area contributed by atoms with Gasteiger partial charge in [0.1, 0.15) is 5.69 Å². The van der Waals surface area contributed by atoms with E-state index in [2.05, 4.69) is 15.5 Å². The standard InChI is InChI=1S/C9H14N4O/c1-10-7-6-11-12-8(7)9(14)13-4-2-3-5-13/h6,10H,2-5H2,1H3,(H,11,12). The largest absolute Gasteiger partial charge is 0.385 e. The first kappa shape index (κ1) is 9.05. The lowest BCUT2D eigenvalue weighted by molar-refractivity contribution is 0.0788. The van der Waals surface area contributed by atoms with Gasteiger partial charge in [0.2, 0.25) is 0 Å². The number of anilines is 1. The van der Waals surface area contributed by atoms with E-state index in [-0.39, 0.29) is 5.91 Å². The summed E-state index contributed by atoms with van der Waals surface area (Å²) in [5.41, 5.74) is 1.33. The second kappa shape index (κ2) is 3.69. The molecule has 1 aliphatic heterocycles. The van der Waals surface area contributed by atoms with Gasteiger partial charge < -0.3 is 10.2 Å². The molecule has 1 saturated heterocycles. The van der Waals surface area contributed by atoms with Crippen LogP contribution in [-0.2, 0) is 0 Å². The SMILES string of the molecule is CNc1cn[nH]c1C(=O)N1CCCC1. The average Bonchev–Trinajstić information content (AvgIpc) is 2.87. The Bertz CT molecular complexity index is 327. The molecule has 1 amide bonds. The lowest BCUT2D eigenvalue weighted by Crippen LogP contribution is -2.28. The van der Waals surface area contributed by atoms with Crippen LogP contribution in [0.25, 0.3) is 0 Å². The summed E-state index contributed by atoms with van der Waals surface area (Å²) in [6, 6.07) is 0. The summed E-state index contributed by atoms with van der Waals surface area (Å²) < 4.78 is 0. The fourth-order valence-electron chi connectivity index (χ4n) is 1.72. The quantitative estimate of drug-likeness (QED) is 0.728. The van der Waals surface area contributed by atoms with Crippen molar-refractivity contribution < 1.29 is 4.79 Å². The molecule has 2 rings (SSSR count). The number of hydrogen-bond acceptors (Lipinski definition) is 3. The molecule has 14 heavy (non-hydrogen) atoms. The van der Waals surface area contributed by atoms with Gasteiger partial charge in [-0.3, -0.25) is 9.89 Å². The number of carbonyl (C=O) groups excluding carboxylic acids is 1. The number of hydrogen-bond donors (Lipinski definition) is 2. The van der Waals surface area contributed by atoms with Crippen molar-refractivity contribution in [2.45, 2.75) is 12.8 Å². The molecule has 1 fully saturated rings. The number of aromatic amines is 1. The Balaban J connectivity index is 2.17. The molecule has 76 valence electrons. The van der Waals surface area contributed by atoms with Crippen LogP contribution in [0.15, 0.2) is 6.20 Å². The molecule has 0 spiro atoms. The van der Waals surface area contributed by atoms with E-state index in [1.54, 1.807) is 13.2 Å². The van der Waals surface area contributed by atoms with Crippen molar-refractivity contribution >= 4 is 11.6 Å². The Hall–Kier alpha value is -1.52. The van der Waals surface area contributed by atoms with Crippen LogP contribution in [0.3, 0.4) is 0 Å². The molecule has 1 aliphatic rings. The minimum Gasteiger partial charge on any atom is -0.385 e. The molecule has 5 nitrogen and oxygen atoms in total. The third-order valence-electron chi connectivity index (χ3n) is 2.52. The maximum absolute atomic E-state index is 11.9. The molecule has 0 radical (unpaired) electrons. The van der Waals surface area contributed by atoms with Crippen molar-refractivity contribution in [3.8, 4) is 0 Å². The minimum absolute atomic E-state index is 0.0457. The maximum atomic E-state index is 11.9. The van der Waals surface area contributed by atoms with Gasteiger partial charge in [0.15, 0.2) is 0 Å². The number of rotatable bonds is 2. The molecular weight excluding hydrogens is 180 g/mol. The van der Waals surface area contributed by atoms with E-state index in [1.165, 1.54) is 0 Å². The van der Waals surface area contributed by atoms with E-state index in [0.29, 0.717) is 5.69 Å². The van der Waals surface area contributed by atoms with Crippen LogP contribution in [0.5, 0.6) is 0 Å². The van der Waals surface area contributed by atoms with Crippen LogP contribution in [0, 0.1) is 0 Å². The topological polar surface area (TPSA) is 61.0 Å². The van der Waals surface area contributed by atoms with Crippen molar-refractivity contribution in [2.24, 2.45) is 0 Å². The molecule has 0 unspecified atom stereocenters. The van der Waals surface area contributed by atoms with Crippen molar-refractivity contribution in [3.05, 3.63) is 11.9 Å². The fraction of sp³-hybridized carbons (Fsp3) is 0.556. The van der Waals surface area contributed by atoms with Crippen LogP contribution in [0.2, 0.25) is 0 Å². The van der Waals surface area contributed by atoms with Crippen LogP contribution in [0.1, 0.15) is 23.3 Å². The second-order valence-electron chi connectivity index (χ2n) is 3.41. The third-order valence-corrected chi connectivity index (χ3v) is 2.52. The summed E-state index contributed by atoms with van der Waals surface area (Å²) in [7, 11) is 1.78. The van der Waals surface area contributed by atoms with Crippen LogP contribution < -0.4 is 5.32 Å². The highest BCUT2D eigenvalue weighted by Crippen LogP contribution is 2.16. The fourth-order valence-corrected chi connectivity index (χ4v) is 1.72. The summed E-state index contributed by atoms with van der Waals surface area (Å²) >= 11 is 0. The number of amides is 1. The zero-order chi connectivity index (χ0) is 9.97. The second-order valence-corrected chi connectivity index (χ2v) is 3.41. The molecule has 0 bridgehead atoms. The summed E-state index contributed by atoms with van der Waals surface area (Å²) in [5.74, 6) is 0.0457. The summed E-state index contributed by atoms with van der Waals surface area (Å²) in [6.07, 6.45) is 3.84. The first-order valence-electron chi connectivity index (χ1n) is 4.83. The van der Waals surface area contributed by atoms with Crippen molar-refractivity contribution in [2.75, 3.05) is 25.5 Å². The first-order valence-corrected chi connectivity index (χ1v) is 4.83. The number of carbonyl (C=O) groups is 1. The highest BCUT2D eigenvalue weighted by atomic mass is 16.2. The van der Waals surface area contributed by atoms with Gasteiger partial charge >= 0.3 is 0 Å². The monoisotopic (exact) mass is 194 g/mol. The van der Waals surface area contributed by atoms with Gasteiger partial charge in [-0.25, -0.2) is 0 Å². The Morgan fingerprint density at radius 3 is 2.93 bits per heavy atom. The van der Waals surface area contributed by atoms with Crippen LogP contribution in [-0.4, -0.2) is 41.1 Å². The zero-order valence-electron chi connectivity index (χ0n) is 8.21. The average molecular weight is 194 g/mol. The van der Waals surface area contributed by atoms with Gasteiger partial charge in [0, 0.05) is 20.1 Å². The van der Waals surface area contributed by atoms with Gasteiger partial charge in [-0.15, -0.1) is 0 Å². The van der Waals surface area contributed by atoms with E-state index in [9.17, 15) is 4.79 Å². The molecule has 0 aliphatic carbocycles. The van der Waals surface area contributed by atoms with Gasteiger partial charge in [0.05, 0.1) is 11.9 Å². The third kappa shape index (κ3) is 1.45. The smallest absolute Gasteiger partial charge is 0.274 e. The molecule has 2 N–H and O–H groups in total. The predicted octanol–water partition coefficient (Wildman–Crippen LogP) is 0.687. The van der Waals surface area contributed by atoms with Gasteiger partial charge in [-0.1, -0.05) is 0 Å². The van der Waals surface area contributed by atoms with E-state index in [0.717, 1.165) is 31.6 Å². The van der Waals surface area contributed by atoms with E-state index in [4.69, 9.17) is 0 Å². The van der Waals surface area contributed by atoms with E-state index < -0.39 is 0 Å². The van der Waals surface area contributed by atoms with Crippen molar-refractivity contribution in [1.29, 1.82) is 0 Å². The number of aromatic nitrogens is 2. The van der Waals surface area contributed by atoms with Gasteiger partial charge in [-0.2, -0.15) is 5.10 Å². The van der Waals surface area contributed by atoms with Crippen molar-refractivity contribution in [3.63, 3.8) is 0 Å². The zero-order valence-corrected chi connectivity index (χ0v) is 8.21. The number of nitrogens with one attached hydrogen (secondary N) is 2. The van der Waals surface area contributed by atoms with Crippen LogP contribution >= 0.6 is 0 Å². The Kier molecular flexibility index (Phi) is 2.39. The lowest BCUT2D eigenvalue weighted by atomic mass is 10.3. The highest BCUT2D eigenvalue weighted by molar-refractivity contribution is 5.97. The van der Waals surface area contributed by atoms with Crippen molar-refractivity contribution in [1.82, 2.24) is 15.1 Å². The van der Waals surface area contributed by atoms with Gasteiger partial charge in [-0.05, 0) is 12.8 Å². The lowest BCUT2D eigenvalue weighted by Gasteiger charge is -2.14. The molecule has 0 saturated carbocycles. The molecular formula is C9H14N4O. The molecule has 0 atom stereocenters. The van der Waals surface area contributed by atoms with Gasteiger partial charge in [0.25, 0.3) is 5.91 Å².